The zero-order valence-corrected chi connectivity index (χ0v) is 12.2. The van der Waals surface area contributed by atoms with Crippen LogP contribution in [0.5, 0.6) is 0 Å². The molecule has 1 aromatic rings. The van der Waals surface area contributed by atoms with Gasteiger partial charge in [-0.05, 0) is 18.7 Å². The van der Waals surface area contributed by atoms with E-state index in [4.69, 9.17) is 17.3 Å². The van der Waals surface area contributed by atoms with Crippen LogP contribution < -0.4 is 5.73 Å². The monoisotopic (exact) mass is 298 g/mol. The van der Waals surface area contributed by atoms with Crippen LogP contribution in [-0.4, -0.2) is 54.0 Å². The molecule has 0 radical (unpaired) electrons. The molecule has 7 heteroatoms. The van der Waals surface area contributed by atoms with Crippen LogP contribution in [-0.2, 0) is 6.54 Å². The van der Waals surface area contributed by atoms with Crippen molar-refractivity contribution in [2.45, 2.75) is 12.6 Å². The predicted octanol–water partition coefficient (Wildman–Crippen LogP) is 1.32. The van der Waals surface area contributed by atoms with Gasteiger partial charge < -0.3 is 10.6 Å². The Labute approximate surface area is 123 Å². The molecule has 2 rings (SSSR count). The smallest absolute Gasteiger partial charge is 0.270 e. The lowest BCUT2D eigenvalue weighted by atomic mass is 10.1. The molecule has 1 fully saturated rings. The van der Waals surface area contributed by atoms with Gasteiger partial charge in [0, 0.05) is 50.9 Å². The first-order valence-electron chi connectivity index (χ1n) is 6.56. The van der Waals surface area contributed by atoms with Crippen molar-refractivity contribution in [2.75, 3.05) is 33.2 Å². The largest absolute Gasteiger partial charge is 0.329 e. The van der Waals surface area contributed by atoms with Crippen LogP contribution in [0.15, 0.2) is 18.2 Å². The fraction of sp³-hybridized carbons (Fsp3) is 0.538. The second-order valence-electron chi connectivity index (χ2n) is 5.16. The molecule has 1 saturated heterocycles. The van der Waals surface area contributed by atoms with Crippen molar-refractivity contribution < 1.29 is 4.92 Å². The van der Waals surface area contributed by atoms with Crippen molar-refractivity contribution in [3.8, 4) is 0 Å². The van der Waals surface area contributed by atoms with Crippen LogP contribution >= 0.6 is 11.6 Å². The highest BCUT2D eigenvalue weighted by Crippen LogP contribution is 2.24. The summed E-state index contributed by atoms with van der Waals surface area (Å²) in [5.41, 5.74) is 6.74. The number of benzene rings is 1. The quantitative estimate of drug-likeness (QED) is 0.670. The Morgan fingerprint density at radius 3 is 2.85 bits per heavy atom. The SMILES string of the molecule is CN1CCN(Cc2ccc([N+](=O)[O-])cc2Cl)C(CN)C1. The molecule has 0 aromatic heterocycles. The Bertz CT molecular complexity index is 497. The van der Waals surface area contributed by atoms with Gasteiger partial charge in [-0.1, -0.05) is 11.6 Å². The van der Waals surface area contributed by atoms with Gasteiger partial charge in [0.15, 0.2) is 0 Å². The van der Waals surface area contributed by atoms with Gasteiger partial charge in [-0.15, -0.1) is 0 Å². The third kappa shape index (κ3) is 3.46. The second kappa shape index (κ2) is 6.49. The third-order valence-corrected chi connectivity index (χ3v) is 4.05. The second-order valence-corrected chi connectivity index (χ2v) is 5.56. The summed E-state index contributed by atoms with van der Waals surface area (Å²) in [6.45, 7) is 4.11. The first-order chi connectivity index (χ1) is 9.51. The molecule has 6 nitrogen and oxygen atoms in total. The normalized spacial score (nSPS) is 21.1. The van der Waals surface area contributed by atoms with E-state index in [1.54, 1.807) is 6.07 Å². The molecule has 1 heterocycles. The third-order valence-electron chi connectivity index (χ3n) is 3.70. The number of nitro groups is 1. The molecule has 20 heavy (non-hydrogen) atoms. The highest BCUT2D eigenvalue weighted by atomic mass is 35.5. The lowest BCUT2D eigenvalue weighted by molar-refractivity contribution is -0.384. The summed E-state index contributed by atoms with van der Waals surface area (Å²) in [4.78, 5) is 14.8. The summed E-state index contributed by atoms with van der Waals surface area (Å²) in [7, 11) is 2.08. The maximum absolute atomic E-state index is 10.7. The van der Waals surface area contributed by atoms with Gasteiger partial charge in [0.1, 0.15) is 0 Å². The Morgan fingerprint density at radius 2 is 2.25 bits per heavy atom. The maximum atomic E-state index is 10.7. The molecule has 1 unspecified atom stereocenters. The number of non-ortho nitro benzene ring substituents is 1. The molecule has 1 aromatic carbocycles. The summed E-state index contributed by atoms with van der Waals surface area (Å²) < 4.78 is 0. The van der Waals surface area contributed by atoms with Gasteiger partial charge in [0.05, 0.1) is 9.95 Å². The zero-order chi connectivity index (χ0) is 14.7. The van der Waals surface area contributed by atoms with Gasteiger partial charge in [-0.25, -0.2) is 0 Å². The van der Waals surface area contributed by atoms with Crippen LogP contribution in [0.1, 0.15) is 5.56 Å². The molecule has 1 aliphatic rings. The van der Waals surface area contributed by atoms with Gasteiger partial charge in [-0.2, -0.15) is 0 Å². The molecule has 0 amide bonds. The van der Waals surface area contributed by atoms with E-state index >= 15 is 0 Å². The fourth-order valence-corrected chi connectivity index (χ4v) is 2.71. The minimum absolute atomic E-state index is 0.0208. The minimum atomic E-state index is -0.436. The van der Waals surface area contributed by atoms with Crippen LogP contribution in [0.2, 0.25) is 5.02 Å². The highest BCUT2D eigenvalue weighted by Gasteiger charge is 2.24. The summed E-state index contributed by atoms with van der Waals surface area (Å²) in [6.07, 6.45) is 0. The standard InChI is InChI=1S/C13H19ClN4O2/c1-16-4-5-17(12(7-15)9-16)8-10-2-3-11(18(19)20)6-13(10)14/h2-3,6,12H,4-5,7-9,15H2,1H3. The number of nitrogens with zero attached hydrogens (tertiary/aromatic N) is 3. The average Bonchev–Trinajstić information content (AvgIpc) is 2.42. The number of nitro benzene ring substituents is 1. The van der Waals surface area contributed by atoms with E-state index in [2.05, 4.69) is 16.8 Å². The van der Waals surface area contributed by atoms with Crippen molar-refractivity contribution in [1.29, 1.82) is 0 Å². The lowest BCUT2D eigenvalue weighted by Crippen LogP contribution is -2.54. The molecule has 110 valence electrons. The Hall–Kier alpha value is -1.21. The number of likely N-dealkylation sites (N-methyl/N-ethyl adjacent to an activating group) is 1. The Balaban J connectivity index is 2.11. The Morgan fingerprint density at radius 1 is 1.50 bits per heavy atom. The molecule has 0 aliphatic carbocycles. The lowest BCUT2D eigenvalue weighted by Gasteiger charge is -2.39. The van der Waals surface area contributed by atoms with Crippen molar-refractivity contribution in [3.63, 3.8) is 0 Å². The number of hydrogen-bond acceptors (Lipinski definition) is 5. The molecule has 0 spiro atoms. The predicted molar refractivity (Wildman–Crippen MR) is 78.9 cm³/mol. The zero-order valence-electron chi connectivity index (χ0n) is 11.5. The number of rotatable bonds is 4. The van der Waals surface area contributed by atoms with Crippen LogP contribution in [0.25, 0.3) is 0 Å². The van der Waals surface area contributed by atoms with E-state index in [-0.39, 0.29) is 5.69 Å². The van der Waals surface area contributed by atoms with E-state index in [1.165, 1.54) is 12.1 Å². The summed E-state index contributed by atoms with van der Waals surface area (Å²) in [6, 6.07) is 4.92. The molecular weight excluding hydrogens is 280 g/mol. The molecule has 0 bridgehead atoms. The maximum Gasteiger partial charge on any atom is 0.270 e. The van der Waals surface area contributed by atoms with Crippen molar-refractivity contribution >= 4 is 17.3 Å². The molecule has 1 atom stereocenters. The van der Waals surface area contributed by atoms with Gasteiger partial charge >= 0.3 is 0 Å². The first kappa shape index (κ1) is 15.2. The summed E-state index contributed by atoms with van der Waals surface area (Å²) in [5, 5.41) is 11.1. The molecule has 0 saturated carbocycles. The van der Waals surface area contributed by atoms with Crippen molar-refractivity contribution in [3.05, 3.63) is 38.9 Å². The number of hydrogen-bond donors (Lipinski definition) is 1. The van der Waals surface area contributed by atoms with Crippen molar-refractivity contribution in [2.24, 2.45) is 5.73 Å². The van der Waals surface area contributed by atoms with Crippen LogP contribution in [0.3, 0.4) is 0 Å². The van der Waals surface area contributed by atoms with Crippen molar-refractivity contribution in [1.82, 2.24) is 9.80 Å². The highest BCUT2D eigenvalue weighted by molar-refractivity contribution is 6.31. The fourth-order valence-electron chi connectivity index (χ4n) is 2.48. The topological polar surface area (TPSA) is 75.6 Å². The van der Waals surface area contributed by atoms with Gasteiger partial charge in [-0.3, -0.25) is 15.0 Å². The van der Waals surface area contributed by atoms with Gasteiger partial charge in [0.25, 0.3) is 5.69 Å². The van der Waals surface area contributed by atoms with Gasteiger partial charge in [0.2, 0.25) is 0 Å². The summed E-state index contributed by atoms with van der Waals surface area (Å²) >= 11 is 6.14. The molecule has 2 N–H and O–H groups in total. The number of halogens is 1. The molecular formula is C13H19ClN4O2. The van der Waals surface area contributed by atoms with E-state index in [9.17, 15) is 10.1 Å². The van der Waals surface area contributed by atoms with E-state index in [1.807, 2.05) is 0 Å². The van der Waals surface area contributed by atoms with Crippen LogP contribution in [0, 0.1) is 10.1 Å². The molecule has 1 aliphatic heterocycles. The van der Waals surface area contributed by atoms with Crippen LogP contribution in [0.4, 0.5) is 5.69 Å². The van der Waals surface area contributed by atoms with E-state index < -0.39 is 4.92 Å². The number of nitrogens with two attached hydrogens (primary N) is 1. The summed E-state index contributed by atoms with van der Waals surface area (Å²) in [5.74, 6) is 0. The number of piperazine rings is 1. The first-order valence-corrected chi connectivity index (χ1v) is 6.94. The minimum Gasteiger partial charge on any atom is -0.329 e. The Kier molecular flexibility index (Phi) is 4.93. The average molecular weight is 299 g/mol. The van der Waals surface area contributed by atoms with E-state index in [0.29, 0.717) is 24.2 Å². The van der Waals surface area contributed by atoms with E-state index in [0.717, 1.165) is 25.2 Å².